The van der Waals surface area contributed by atoms with Crippen molar-refractivity contribution in [2.24, 2.45) is 5.92 Å². The van der Waals surface area contributed by atoms with Crippen LogP contribution in [-0.2, 0) is 9.59 Å². The monoisotopic (exact) mass is 349 g/mol. The molecule has 7 heteroatoms. The van der Waals surface area contributed by atoms with Gasteiger partial charge in [0.2, 0.25) is 11.8 Å². The van der Waals surface area contributed by atoms with E-state index < -0.39 is 6.04 Å². The second-order valence-electron chi connectivity index (χ2n) is 6.54. The molecule has 1 heterocycles. The molecule has 6 nitrogen and oxygen atoms in total. The molecule has 0 spiro atoms. The first-order chi connectivity index (χ1) is 12.1. The summed E-state index contributed by atoms with van der Waals surface area (Å²) in [6, 6.07) is 5.46. The standard InChI is InChI=1S/C18H24FN3O3/c1-20-17(23)16-12-21(8-9-22(16)18(24)13-2-3-13)10-11-25-15-6-4-14(19)5-7-15/h4-7,13,16H,2-3,8-12H2,1H3,(H,20,23). The van der Waals surface area contributed by atoms with E-state index in [0.29, 0.717) is 32.0 Å². The lowest BCUT2D eigenvalue weighted by Gasteiger charge is -2.40. The lowest BCUT2D eigenvalue weighted by Crippen LogP contribution is -2.61. The van der Waals surface area contributed by atoms with Crippen LogP contribution in [0.2, 0.25) is 0 Å². The van der Waals surface area contributed by atoms with Crippen LogP contribution in [0, 0.1) is 11.7 Å². The van der Waals surface area contributed by atoms with E-state index in [1.807, 2.05) is 0 Å². The third-order valence-electron chi connectivity index (χ3n) is 4.71. The smallest absolute Gasteiger partial charge is 0.243 e. The number of likely N-dealkylation sites (N-methyl/N-ethyl adjacent to an activating group) is 1. The Balaban J connectivity index is 1.52. The predicted octanol–water partition coefficient (Wildman–Crippen LogP) is 0.873. The molecule has 1 aliphatic heterocycles. The lowest BCUT2D eigenvalue weighted by molar-refractivity contribution is -0.144. The molecule has 1 unspecified atom stereocenters. The van der Waals surface area contributed by atoms with Crippen molar-refractivity contribution in [2.45, 2.75) is 18.9 Å². The summed E-state index contributed by atoms with van der Waals surface area (Å²) >= 11 is 0. The zero-order valence-electron chi connectivity index (χ0n) is 14.4. The van der Waals surface area contributed by atoms with Gasteiger partial charge >= 0.3 is 0 Å². The molecule has 2 amide bonds. The quantitative estimate of drug-likeness (QED) is 0.828. The van der Waals surface area contributed by atoms with Crippen molar-refractivity contribution in [1.82, 2.24) is 15.1 Å². The number of nitrogens with zero attached hydrogens (tertiary/aromatic N) is 2. The van der Waals surface area contributed by atoms with Gasteiger partial charge in [-0.25, -0.2) is 4.39 Å². The fourth-order valence-corrected chi connectivity index (χ4v) is 3.09. The van der Waals surface area contributed by atoms with Gasteiger partial charge in [0.15, 0.2) is 0 Å². The van der Waals surface area contributed by atoms with Crippen LogP contribution in [0.15, 0.2) is 24.3 Å². The summed E-state index contributed by atoms with van der Waals surface area (Å²) in [7, 11) is 1.60. The van der Waals surface area contributed by atoms with Gasteiger partial charge in [0, 0.05) is 39.1 Å². The highest BCUT2D eigenvalue weighted by atomic mass is 19.1. The number of hydrogen-bond acceptors (Lipinski definition) is 4. The van der Waals surface area contributed by atoms with E-state index in [4.69, 9.17) is 4.74 Å². The van der Waals surface area contributed by atoms with Crippen molar-refractivity contribution in [3.63, 3.8) is 0 Å². The Bertz CT molecular complexity index is 618. The largest absolute Gasteiger partial charge is 0.492 e. The van der Waals surface area contributed by atoms with Gasteiger partial charge in [-0.2, -0.15) is 0 Å². The zero-order valence-corrected chi connectivity index (χ0v) is 14.4. The molecule has 1 saturated carbocycles. The van der Waals surface area contributed by atoms with E-state index in [9.17, 15) is 14.0 Å². The Morgan fingerprint density at radius 2 is 1.96 bits per heavy atom. The molecule has 1 saturated heterocycles. The minimum atomic E-state index is -0.447. The van der Waals surface area contributed by atoms with Crippen LogP contribution in [0.3, 0.4) is 0 Å². The minimum Gasteiger partial charge on any atom is -0.492 e. The molecule has 1 N–H and O–H groups in total. The number of hydrogen-bond donors (Lipinski definition) is 1. The van der Waals surface area contributed by atoms with Gasteiger partial charge in [-0.15, -0.1) is 0 Å². The molecule has 1 aromatic carbocycles. The number of ether oxygens (including phenoxy) is 1. The Hall–Kier alpha value is -2.15. The van der Waals surface area contributed by atoms with E-state index in [1.165, 1.54) is 12.1 Å². The molecular formula is C18H24FN3O3. The van der Waals surface area contributed by atoms with E-state index in [0.717, 1.165) is 19.4 Å². The predicted molar refractivity (Wildman–Crippen MR) is 90.6 cm³/mol. The van der Waals surface area contributed by atoms with E-state index >= 15 is 0 Å². The molecular weight excluding hydrogens is 325 g/mol. The van der Waals surface area contributed by atoms with Gasteiger partial charge in [-0.1, -0.05) is 0 Å². The molecule has 2 aliphatic rings. The van der Waals surface area contributed by atoms with Crippen LogP contribution >= 0.6 is 0 Å². The molecule has 1 aliphatic carbocycles. The second kappa shape index (κ2) is 7.82. The average Bonchev–Trinajstić information content (AvgIpc) is 3.47. The van der Waals surface area contributed by atoms with Gasteiger partial charge in [0.25, 0.3) is 0 Å². The summed E-state index contributed by atoms with van der Waals surface area (Å²) < 4.78 is 18.5. The number of carbonyl (C=O) groups excluding carboxylic acids is 2. The van der Waals surface area contributed by atoms with Crippen LogP contribution in [0.1, 0.15) is 12.8 Å². The number of benzene rings is 1. The van der Waals surface area contributed by atoms with E-state index in [1.54, 1.807) is 24.1 Å². The molecule has 1 aromatic rings. The molecule has 1 atom stereocenters. The zero-order chi connectivity index (χ0) is 17.8. The topological polar surface area (TPSA) is 61.9 Å². The summed E-state index contributed by atoms with van der Waals surface area (Å²) in [6.07, 6.45) is 1.87. The Morgan fingerprint density at radius 1 is 1.24 bits per heavy atom. The van der Waals surface area contributed by atoms with E-state index in [-0.39, 0.29) is 23.5 Å². The maximum atomic E-state index is 12.9. The van der Waals surface area contributed by atoms with Gasteiger partial charge < -0.3 is 15.0 Å². The first-order valence-corrected chi connectivity index (χ1v) is 8.71. The molecule has 0 aromatic heterocycles. The molecule has 136 valence electrons. The SMILES string of the molecule is CNC(=O)C1CN(CCOc2ccc(F)cc2)CCN1C(=O)C1CC1. The molecule has 25 heavy (non-hydrogen) atoms. The number of halogens is 1. The number of nitrogens with one attached hydrogen (secondary N) is 1. The van der Waals surface area contributed by atoms with Crippen LogP contribution in [-0.4, -0.2) is 67.5 Å². The summed E-state index contributed by atoms with van der Waals surface area (Å²) in [4.78, 5) is 28.5. The Labute approximate surface area is 146 Å². The third-order valence-corrected chi connectivity index (χ3v) is 4.71. The highest BCUT2D eigenvalue weighted by Crippen LogP contribution is 2.32. The van der Waals surface area contributed by atoms with Crippen LogP contribution in [0.5, 0.6) is 5.75 Å². The fourth-order valence-electron chi connectivity index (χ4n) is 3.09. The maximum Gasteiger partial charge on any atom is 0.243 e. The first-order valence-electron chi connectivity index (χ1n) is 8.71. The van der Waals surface area contributed by atoms with Crippen molar-refractivity contribution in [3.05, 3.63) is 30.1 Å². The van der Waals surface area contributed by atoms with Crippen molar-refractivity contribution in [3.8, 4) is 5.75 Å². The summed E-state index contributed by atoms with van der Waals surface area (Å²) in [6.45, 7) is 2.88. The molecule has 0 radical (unpaired) electrons. The van der Waals surface area contributed by atoms with Gasteiger partial charge in [0.05, 0.1) is 0 Å². The van der Waals surface area contributed by atoms with Crippen molar-refractivity contribution >= 4 is 11.8 Å². The van der Waals surface area contributed by atoms with Gasteiger partial charge in [-0.05, 0) is 37.1 Å². The second-order valence-corrected chi connectivity index (χ2v) is 6.54. The average molecular weight is 349 g/mol. The summed E-state index contributed by atoms with van der Waals surface area (Å²) in [5.74, 6) is 0.415. The number of amides is 2. The normalized spacial score (nSPS) is 21.0. The Morgan fingerprint density at radius 3 is 2.60 bits per heavy atom. The lowest BCUT2D eigenvalue weighted by atomic mass is 10.1. The molecule has 0 bridgehead atoms. The highest BCUT2D eigenvalue weighted by molar-refractivity contribution is 5.89. The first kappa shape index (κ1) is 17.7. The fraction of sp³-hybridized carbons (Fsp3) is 0.556. The highest BCUT2D eigenvalue weighted by Gasteiger charge is 2.40. The van der Waals surface area contributed by atoms with Crippen LogP contribution in [0.4, 0.5) is 4.39 Å². The number of rotatable bonds is 6. The van der Waals surface area contributed by atoms with Gasteiger partial charge in [0.1, 0.15) is 24.2 Å². The Kier molecular flexibility index (Phi) is 5.53. The number of carbonyl (C=O) groups is 2. The third kappa shape index (κ3) is 4.48. The van der Waals surface area contributed by atoms with Gasteiger partial charge in [-0.3, -0.25) is 14.5 Å². The minimum absolute atomic E-state index is 0.107. The van der Waals surface area contributed by atoms with Crippen LogP contribution in [0.25, 0.3) is 0 Å². The van der Waals surface area contributed by atoms with Crippen molar-refractivity contribution in [2.75, 3.05) is 39.8 Å². The van der Waals surface area contributed by atoms with Crippen molar-refractivity contribution in [1.29, 1.82) is 0 Å². The van der Waals surface area contributed by atoms with Crippen molar-refractivity contribution < 1.29 is 18.7 Å². The number of piperazine rings is 1. The van der Waals surface area contributed by atoms with E-state index in [2.05, 4.69) is 10.2 Å². The molecule has 3 rings (SSSR count). The molecule has 2 fully saturated rings. The summed E-state index contributed by atoms with van der Waals surface area (Å²) in [5, 5.41) is 2.66. The van der Waals surface area contributed by atoms with Crippen LogP contribution < -0.4 is 10.1 Å². The summed E-state index contributed by atoms with van der Waals surface area (Å²) in [5.41, 5.74) is 0. The maximum absolute atomic E-state index is 12.9.